The fourth-order valence-electron chi connectivity index (χ4n) is 2.23. The van der Waals surface area contributed by atoms with Crippen LogP contribution in [0.2, 0.25) is 0 Å². The Morgan fingerprint density at radius 2 is 1.89 bits per heavy atom. The van der Waals surface area contributed by atoms with Gasteiger partial charge in [0.25, 0.3) is 0 Å². The lowest BCUT2D eigenvalue weighted by Gasteiger charge is -2.02. The van der Waals surface area contributed by atoms with Gasteiger partial charge in [-0.25, -0.2) is 0 Å². The molecule has 88 valence electrons. The molecular weight excluding hydrogens is 224 g/mol. The molecule has 0 aliphatic rings. The smallest absolute Gasteiger partial charge is 0.150 e. The van der Waals surface area contributed by atoms with Crippen LogP contribution in [-0.2, 0) is 7.05 Å². The molecule has 3 nitrogen and oxygen atoms in total. The van der Waals surface area contributed by atoms with Crippen LogP contribution in [0.5, 0.6) is 0 Å². The van der Waals surface area contributed by atoms with Gasteiger partial charge < -0.3 is 0 Å². The Kier molecular flexibility index (Phi) is 2.45. The summed E-state index contributed by atoms with van der Waals surface area (Å²) in [5, 5.41) is 5.47. The minimum atomic E-state index is 0.674. The maximum Gasteiger partial charge on any atom is 0.150 e. The zero-order chi connectivity index (χ0) is 12.5. The molecule has 1 heterocycles. The Bertz CT molecular complexity index is 714. The van der Waals surface area contributed by atoms with E-state index in [0.29, 0.717) is 5.56 Å². The molecule has 18 heavy (non-hydrogen) atoms. The van der Waals surface area contributed by atoms with Gasteiger partial charge in [-0.05, 0) is 18.2 Å². The topological polar surface area (TPSA) is 34.9 Å². The molecule has 0 fully saturated rings. The minimum absolute atomic E-state index is 0.674. The Morgan fingerprint density at radius 1 is 1.11 bits per heavy atom. The summed E-state index contributed by atoms with van der Waals surface area (Å²) in [7, 11) is 1.92. The molecule has 0 saturated heterocycles. The van der Waals surface area contributed by atoms with Gasteiger partial charge in [-0.15, -0.1) is 0 Å². The monoisotopic (exact) mass is 236 g/mol. The number of aromatic nitrogens is 2. The number of nitrogens with zero attached hydrogens (tertiary/aromatic N) is 2. The van der Waals surface area contributed by atoms with Gasteiger partial charge in [-0.3, -0.25) is 9.48 Å². The van der Waals surface area contributed by atoms with Crippen molar-refractivity contribution in [3.63, 3.8) is 0 Å². The van der Waals surface area contributed by atoms with E-state index in [2.05, 4.69) is 5.10 Å². The highest BCUT2D eigenvalue weighted by molar-refractivity contribution is 5.96. The molecule has 2 aromatic carbocycles. The Labute approximate surface area is 105 Å². The van der Waals surface area contributed by atoms with Gasteiger partial charge >= 0.3 is 0 Å². The van der Waals surface area contributed by atoms with Gasteiger partial charge in [0.1, 0.15) is 6.29 Å². The third-order valence-electron chi connectivity index (χ3n) is 3.04. The van der Waals surface area contributed by atoms with E-state index in [1.54, 1.807) is 6.07 Å². The van der Waals surface area contributed by atoms with Crippen LogP contribution in [0.25, 0.3) is 22.2 Å². The van der Waals surface area contributed by atoms with E-state index in [0.717, 1.165) is 28.4 Å². The number of carbonyl (C=O) groups is 1. The molecule has 0 unspecified atom stereocenters. The van der Waals surface area contributed by atoms with E-state index in [-0.39, 0.29) is 0 Å². The van der Waals surface area contributed by atoms with Crippen LogP contribution in [0.15, 0.2) is 48.5 Å². The second-order valence-corrected chi connectivity index (χ2v) is 4.23. The van der Waals surface area contributed by atoms with Crippen molar-refractivity contribution in [2.75, 3.05) is 0 Å². The number of fused-ring (bicyclic) bond motifs is 1. The second kappa shape index (κ2) is 4.11. The van der Waals surface area contributed by atoms with Crippen molar-refractivity contribution < 1.29 is 4.79 Å². The van der Waals surface area contributed by atoms with Gasteiger partial charge in [0.2, 0.25) is 0 Å². The van der Waals surface area contributed by atoms with Gasteiger partial charge in [0.15, 0.2) is 0 Å². The molecule has 0 aliphatic heterocycles. The zero-order valence-electron chi connectivity index (χ0n) is 10.00. The van der Waals surface area contributed by atoms with Crippen molar-refractivity contribution >= 4 is 17.2 Å². The average Bonchev–Trinajstić information content (AvgIpc) is 2.74. The molecule has 0 bridgehead atoms. The molecule has 0 radical (unpaired) electrons. The lowest BCUT2D eigenvalue weighted by molar-refractivity contribution is 0.112. The fraction of sp³-hybridized carbons (Fsp3) is 0.0667. The molecule has 3 rings (SSSR count). The highest BCUT2D eigenvalue weighted by Crippen LogP contribution is 2.28. The summed E-state index contributed by atoms with van der Waals surface area (Å²) in [4.78, 5) is 10.9. The number of rotatable bonds is 2. The van der Waals surface area contributed by atoms with Crippen LogP contribution >= 0.6 is 0 Å². The van der Waals surface area contributed by atoms with E-state index in [1.807, 2.05) is 54.2 Å². The van der Waals surface area contributed by atoms with Crippen molar-refractivity contribution in [2.45, 2.75) is 0 Å². The highest BCUT2D eigenvalue weighted by Gasteiger charge is 2.10. The predicted molar refractivity (Wildman–Crippen MR) is 71.5 cm³/mol. The maximum atomic E-state index is 10.9. The number of aldehydes is 1. The highest BCUT2D eigenvalue weighted by atomic mass is 16.1. The first kappa shape index (κ1) is 10.7. The van der Waals surface area contributed by atoms with Crippen molar-refractivity contribution in [3.05, 3.63) is 54.1 Å². The SMILES string of the molecule is Cn1nc2ccc(C=O)cc2c1-c1ccccc1. The number of hydrogen-bond acceptors (Lipinski definition) is 2. The first-order valence-corrected chi connectivity index (χ1v) is 5.77. The maximum absolute atomic E-state index is 10.9. The van der Waals surface area contributed by atoms with Crippen molar-refractivity contribution in [1.82, 2.24) is 9.78 Å². The number of aryl methyl sites for hydroxylation is 1. The van der Waals surface area contributed by atoms with Crippen LogP contribution in [0.4, 0.5) is 0 Å². The quantitative estimate of drug-likeness (QED) is 0.641. The second-order valence-electron chi connectivity index (χ2n) is 4.23. The summed E-state index contributed by atoms with van der Waals surface area (Å²) in [6, 6.07) is 15.6. The Hall–Kier alpha value is -2.42. The standard InChI is InChI=1S/C15H12N2O/c1-17-15(12-5-3-2-4-6-12)13-9-11(10-18)7-8-14(13)16-17/h2-10H,1H3. The Morgan fingerprint density at radius 3 is 2.61 bits per heavy atom. The molecule has 3 heteroatoms. The zero-order valence-corrected chi connectivity index (χ0v) is 10.00. The van der Waals surface area contributed by atoms with Gasteiger partial charge in [-0.1, -0.05) is 30.3 Å². The summed E-state index contributed by atoms with van der Waals surface area (Å²) in [5.74, 6) is 0. The van der Waals surface area contributed by atoms with E-state index in [9.17, 15) is 4.79 Å². The molecular formula is C15H12N2O. The van der Waals surface area contributed by atoms with E-state index in [4.69, 9.17) is 0 Å². The Balaban J connectivity index is 2.34. The van der Waals surface area contributed by atoms with E-state index in [1.165, 1.54) is 0 Å². The van der Waals surface area contributed by atoms with Crippen LogP contribution in [0.3, 0.4) is 0 Å². The normalized spacial score (nSPS) is 10.7. The fourth-order valence-corrected chi connectivity index (χ4v) is 2.23. The van der Waals surface area contributed by atoms with Crippen molar-refractivity contribution in [2.24, 2.45) is 7.05 Å². The number of hydrogen-bond donors (Lipinski definition) is 0. The summed E-state index contributed by atoms with van der Waals surface area (Å²) < 4.78 is 1.86. The molecule has 0 spiro atoms. The summed E-state index contributed by atoms with van der Waals surface area (Å²) in [6.45, 7) is 0. The third-order valence-corrected chi connectivity index (χ3v) is 3.04. The van der Waals surface area contributed by atoms with Gasteiger partial charge in [0.05, 0.1) is 11.2 Å². The minimum Gasteiger partial charge on any atom is -0.298 e. The van der Waals surface area contributed by atoms with Crippen LogP contribution in [0.1, 0.15) is 10.4 Å². The van der Waals surface area contributed by atoms with E-state index >= 15 is 0 Å². The lowest BCUT2D eigenvalue weighted by Crippen LogP contribution is -1.93. The largest absolute Gasteiger partial charge is 0.298 e. The summed E-state index contributed by atoms with van der Waals surface area (Å²) >= 11 is 0. The molecule has 0 N–H and O–H groups in total. The molecule has 0 aliphatic carbocycles. The first-order chi connectivity index (χ1) is 8.79. The van der Waals surface area contributed by atoms with E-state index < -0.39 is 0 Å². The molecule has 3 aromatic rings. The average molecular weight is 236 g/mol. The summed E-state index contributed by atoms with van der Waals surface area (Å²) in [5.41, 5.74) is 3.72. The van der Waals surface area contributed by atoms with Crippen molar-refractivity contribution in [1.29, 1.82) is 0 Å². The number of benzene rings is 2. The number of carbonyl (C=O) groups excluding carboxylic acids is 1. The summed E-state index contributed by atoms with van der Waals surface area (Å²) in [6.07, 6.45) is 0.862. The predicted octanol–water partition coefficient (Wildman–Crippen LogP) is 3.05. The van der Waals surface area contributed by atoms with Gasteiger partial charge in [0, 0.05) is 23.6 Å². The lowest BCUT2D eigenvalue weighted by atomic mass is 10.1. The van der Waals surface area contributed by atoms with Gasteiger partial charge in [-0.2, -0.15) is 5.10 Å². The van der Waals surface area contributed by atoms with Crippen LogP contribution < -0.4 is 0 Å². The van der Waals surface area contributed by atoms with Crippen LogP contribution in [-0.4, -0.2) is 16.1 Å². The molecule has 1 aromatic heterocycles. The third kappa shape index (κ3) is 1.61. The molecule has 0 amide bonds. The van der Waals surface area contributed by atoms with Crippen molar-refractivity contribution in [3.8, 4) is 11.3 Å². The van der Waals surface area contributed by atoms with Crippen LogP contribution in [0, 0.1) is 0 Å². The molecule has 0 saturated carbocycles. The first-order valence-electron chi connectivity index (χ1n) is 5.77. The molecule has 0 atom stereocenters.